The standard InChI is InChI=1S/C15H14N4O2S/c1-9-3-4-11(21-2)12-13(9)22-15(18-12)19-14(20)17-10-5-7-16-8-6-10/h3-8H,1-2H3,(H2,16,17,18,19,20). The van der Waals surface area contributed by atoms with Crippen molar-refractivity contribution < 1.29 is 9.53 Å². The number of rotatable bonds is 3. The van der Waals surface area contributed by atoms with Gasteiger partial charge in [0.05, 0.1) is 11.8 Å². The summed E-state index contributed by atoms with van der Waals surface area (Å²) in [4.78, 5) is 20.3. The molecule has 2 aromatic heterocycles. The van der Waals surface area contributed by atoms with Gasteiger partial charge in [-0.15, -0.1) is 0 Å². The highest BCUT2D eigenvalue weighted by Gasteiger charge is 2.13. The smallest absolute Gasteiger partial charge is 0.325 e. The van der Waals surface area contributed by atoms with Crippen LogP contribution < -0.4 is 15.4 Å². The van der Waals surface area contributed by atoms with Gasteiger partial charge in [0, 0.05) is 18.1 Å². The van der Waals surface area contributed by atoms with E-state index >= 15 is 0 Å². The van der Waals surface area contributed by atoms with Gasteiger partial charge >= 0.3 is 6.03 Å². The summed E-state index contributed by atoms with van der Waals surface area (Å²) >= 11 is 1.42. The van der Waals surface area contributed by atoms with Crippen molar-refractivity contribution in [3.8, 4) is 5.75 Å². The Morgan fingerprint density at radius 1 is 1.18 bits per heavy atom. The first kappa shape index (κ1) is 14.3. The van der Waals surface area contributed by atoms with Crippen molar-refractivity contribution in [3.05, 3.63) is 42.2 Å². The molecule has 1 aromatic carbocycles. The summed E-state index contributed by atoms with van der Waals surface area (Å²) in [6.45, 7) is 2.00. The van der Waals surface area contributed by atoms with Crippen LogP contribution in [0, 0.1) is 6.92 Å². The molecule has 0 bridgehead atoms. The third-order valence-corrected chi connectivity index (χ3v) is 4.19. The van der Waals surface area contributed by atoms with Crippen molar-refractivity contribution in [3.63, 3.8) is 0 Å². The molecular weight excluding hydrogens is 300 g/mol. The monoisotopic (exact) mass is 314 g/mol. The summed E-state index contributed by atoms with van der Waals surface area (Å²) in [7, 11) is 1.60. The van der Waals surface area contributed by atoms with Crippen molar-refractivity contribution >= 4 is 38.4 Å². The molecule has 0 spiro atoms. The molecule has 112 valence electrons. The van der Waals surface area contributed by atoms with Crippen LogP contribution in [0.3, 0.4) is 0 Å². The highest BCUT2D eigenvalue weighted by molar-refractivity contribution is 7.22. The van der Waals surface area contributed by atoms with Gasteiger partial charge in [0.25, 0.3) is 0 Å². The van der Waals surface area contributed by atoms with E-state index in [0.717, 1.165) is 15.8 Å². The molecule has 3 rings (SSSR count). The number of nitrogens with one attached hydrogen (secondary N) is 2. The average molecular weight is 314 g/mol. The molecule has 0 radical (unpaired) electrons. The number of fused-ring (bicyclic) bond motifs is 1. The number of aromatic nitrogens is 2. The molecule has 3 aromatic rings. The first-order chi connectivity index (χ1) is 10.7. The second-order valence-corrected chi connectivity index (χ2v) is 5.60. The third kappa shape index (κ3) is 2.84. The van der Waals surface area contributed by atoms with Crippen LogP contribution >= 0.6 is 11.3 Å². The number of hydrogen-bond donors (Lipinski definition) is 2. The highest BCUT2D eigenvalue weighted by Crippen LogP contribution is 2.34. The van der Waals surface area contributed by atoms with E-state index in [2.05, 4.69) is 20.6 Å². The van der Waals surface area contributed by atoms with E-state index in [1.807, 2.05) is 19.1 Å². The lowest BCUT2D eigenvalue weighted by Crippen LogP contribution is -2.19. The van der Waals surface area contributed by atoms with Crippen molar-refractivity contribution in [1.82, 2.24) is 9.97 Å². The number of aryl methyl sites for hydroxylation is 1. The number of benzene rings is 1. The normalized spacial score (nSPS) is 10.5. The number of carbonyl (C=O) groups excluding carboxylic acids is 1. The number of pyridine rings is 1. The molecule has 0 saturated carbocycles. The Labute approximate surface area is 131 Å². The molecule has 0 unspecified atom stereocenters. The maximum absolute atomic E-state index is 12.0. The number of methoxy groups -OCH3 is 1. The van der Waals surface area contributed by atoms with Gasteiger partial charge < -0.3 is 10.1 Å². The second-order valence-electron chi connectivity index (χ2n) is 4.60. The molecular formula is C15H14N4O2S. The largest absolute Gasteiger partial charge is 0.494 e. The molecule has 0 aliphatic rings. The summed E-state index contributed by atoms with van der Waals surface area (Å²) < 4.78 is 6.30. The van der Waals surface area contributed by atoms with Gasteiger partial charge in [0.1, 0.15) is 11.3 Å². The van der Waals surface area contributed by atoms with Gasteiger partial charge in [-0.3, -0.25) is 10.3 Å². The van der Waals surface area contributed by atoms with Crippen molar-refractivity contribution in [2.75, 3.05) is 17.7 Å². The lowest BCUT2D eigenvalue weighted by atomic mass is 10.2. The lowest BCUT2D eigenvalue weighted by Gasteiger charge is -2.04. The van der Waals surface area contributed by atoms with Gasteiger partial charge in [-0.1, -0.05) is 17.4 Å². The minimum atomic E-state index is -0.345. The number of thiazole rings is 1. The van der Waals surface area contributed by atoms with Gasteiger partial charge in [-0.25, -0.2) is 9.78 Å². The Kier molecular flexibility index (Phi) is 3.88. The van der Waals surface area contributed by atoms with Crippen LogP contribution in [0.1, 0.15) is 5.56 Å². The fourth-order valence-corrected chi connectivity index (χ4v) is 2.97. The zero-order chi connectivity index (χ0) is 15.5. The quantitative estimate of drug-likeness (QED) is 0.773. The second kappa shape index (κ2) is 5.98. The highest BCUT2D eigenvalue weighted by atomic mass is 32.1. The summed E-state index contributed by atoms with van der Waals surface area (Å²) in [5.74, 6) is 0.694. The van der Waals surface area contributed by atoms with Gasteiger partial charge in [0.2, 0.25) is 0 Å². The first-order valence-corrected chi connectivity index (χ1v) is 7.41. The van der Waals surface area contributed by atoms with Crippen LogP contribution in [0.15, 0.2) is 36.7 Å². The number of nitrogens with zero attached hydrogens (tertiary/aromatic N) is 2. The Hall–Kier alpha value is -2.67. The zero-order valence-corrected chi connectivity index (χ0v) is 12.9. The maximum atomic E-state index is 12.0. The van der Waals surface area contributed by atoms with Crippen LogP contribution in [0.25, 0.3) is 10.2 Å². The van der Waals surface area contributed by atoms with Crippen molar-refractivity contribution in [2.45, 2.75) is 6.92 Å². The summed E-state index contributed by atoms with van der Waals surface area (Å²) in [6, 6.07) is 6.93. The molecule has 6 nitrogen and oxygen atoms in total. The van der Waals surface area contributed by atoms with Crippen LogP contribution in [0.4, 0.5) is 15.6 Å². The van der Waals surface area contributed by atoms with E-state index in [1.54, 1.807) is 31.6 Å². The predicted molar refractivity (Wildman–Crippen MR) is 87.8 cm³/mol. The average Bonchev–Trinajstić information content (AvgIpc) is 2.93. The first-order valence-electron chi connectivity index (χ1n) is 6.59. The number of ether oxygens (including phenoxy) is 1. The van der Waals surface area contributed by atoms with E-state index in [4.69, 9.17) is 4.74 Å². The van der Waals surface area contributed by atoms with Crippen LogP contribution in [0.2, 0.25) is 0 Å². The molecule has 2 amide bonds. The van der Waals surface area contributed by atoms with E-state index < -0.39 is 0 Å². The Balaban J connectivity index is 1.82. The molecule has 2 N–H and O–H groups in total. The van der Waals surface area contributed by atoms with Crippen molar-refractivity contribution in [2.24, 2.45) is 0 Å². The lowest BCUT2D eigenvalue weighted by molar-refractivity contribution is 0.262. The van der Waals surface area contributed by atoms with Gasteiger partial charge in [-0.2, -0.15) is 0 Å². The molecule has 22 heavy (non-hydrogen) atoms. The van der Waals surface area contributed by atoms with E-state index in [0.29, 0.717) is 16.6 Å². The SMILES string of the molecule is COc1ccc(C)c2sc(NC(=O)Nc3ccncc3)nc12. The maximum Gasteiger partial charge on any atom is 0.325 e. The van der Waals surface area contributed by atoms with Crippen LogP contribution in [-0.4, -0.2) is 23.1 Å². The Morgan fingerprint density at radius 2 is 1.95 bits per heavy atom. The van der Waals surface area contributed by atoms with E-state index in [1.165, 1.54) is 11.3 Å². The Morgan fingerprint density at radius 3 is 2.68 bits per heavy atom. The summed E-state index contributed by atoms with van der Waals surface area (Å²) in [5.41, 5.74) is 2.52. The summed E-state index contributed by atoms with van der Waals surface area (Å²) in [5, 5.41) is 5.99. The van der Waals surface area contributed by atoms with Gasteiger partial charge in [0.15, 0.2) is 5.13 Å². The third-order valence-electron chi connectivity index (χ3n) is 3.08. The predicted octanol–water partition coefficient (Wildman–Crippen LogP) is 3.65. The van der Waals surface area contributed by atoms with Crippen molar-refractivity contribution in [1.29, 1.82) is 0 Å². The minimum Gasteiger partial charge on any atom is -0.494 e. The zero-order valence-electron chi connectivity index (χ0n) is 12.1. The van der Waals surface area contributed by atoms with Crippen LogP contribution in [0.5, 0.6) is 5.75 Å². The minimum absolute atomic E-state index is 0.345. The molecule has 7 heteroatoms. The molecule has 0 aliphatic heterocycles. The number of carbonyl (C=O) groups is 1. The van der Waals surface area contributed by atoms with E-state index in [-0.39, 0.29) is 6.03 Å². The van der Waals surface area contributed by atoms with Gasteiger partial charge in [-0.05, 0) is 30.7 Å². The number of urea groups is 1. The number of anilines is 2. The summed E-state index contributed by atoms with van der Waals surface area (Å²) in [6.07, 6.45) is 3.23. The molecule has 0 fully saturated rings. The molecule has 0 aliphatic carbocycles. The molecule has 0 saturated heterocycles. The molecule has 0 atom stereocenters. The fraction of sp³-hybridized carbons (Fsp3) is 0.133. The fourth-order valence-electron chi connectivity index (χ4n) is 2.02. The van der Waals surface area contributed by atoms with Crippen LogP contribution in [-0.2, 0) is 0 Å². The molecule has 2 heterocycles. The number of hydrogen-bond acceptors (Lipinski definition) is 5. The number of amides is 2. The topological polar surface area (TPSA) is 76.1 Å². The van der Waals surface area contributed by atoms with E-state index in [9.17, 15) is 4.79 Å². The Bertz CT molecular complexity index is 817.